The lowest BCUT2D eigenvalue weighted by atomic mass is 9.88. The summed E-state index contributed by atoms with van der Waals surface area (Å²) in [6.45, 7) is 1.09. The van der Waals surface area contributed by atoms with Gasteiger partial charge in [-0.3, -0.25) is 14.3 Å². The first kappa shape index (κ1) is 19.9. The summed E-state index contributed by atoms with van der Waals surface area (Å²) in [5.41, 5.74) is 6.02. The van der Waals surface area contributed by atoms with Gasteiger partial charge in [0.2, 0.25) is 5.91 Å². The maximum Gasteiger partial charge on any atom is 0.277 e. The van der Waals surface area contributed by atoms with E-state index in [2.05, 4.69) is 20.9 Å². The minimum absolute atomic E-state index is 0.0555. The van der Waals surface area contributed by atoms with E-state index in [0.717, 1.165) is 38.5 Å². The molecule has 0 saturated heterocycles. The van der Waals surface area contributed by atoms with Gasteiger partial charge in [0, 0.05) is 18.2 Å². The number of nitrogens with zero attached hydrogens (tertiary/aromatic N) is 3. The Balaban J connectivity index is 1.64. The van der Waals surface area contributed by atoms with Crippen LogP contribution in [-0.2, 0) is 11.3 Å². The summed E-state index contributed by atoms with van der Waals surface area (Å²) in [6, 6.07) is 4.05. The highest BCUT2D eigenvalue weighted by molar-refractivity contribution is 6.03. The van der Waals surface area contributed by atoms with Crippen molar-refractivity contribution in [2.24, 2.45) is 11.7 Å². The Labute approximate surface area is 162 Å². The second kappa shape index (κ2) is 9.41. The molecule has 1 heterocycles. The number of aromatic nitrogens is 3. The topological polar surface area (TPSA) is 115 Å². The zero-order valence-corrected chi connectivity index (χ0v) is 15.7. The van der Waals surface area contributed by atoms with Gasteiger partial charge in [0.15, 0.2) is 5.69 Å². The smallest absolute Gasteiger partial charge is 0.277 e. The van der Waals surface area contributed by atoms with Crippen molar-refractivity contribution in [1.29, 1.82) is 0 Å². The molecule has 8 nitrogen and oxygen atoms in total. The highest BCUT2D eigenvalue weighted by Crippen LogP contribution is 2.26. The van der Waals surface area contributed by atoms with Crippen LogP contribution in [0.25, 0.3) is 0 Å². The Morgan fingerprint density at radius 3 is 2.75 bits per heavy atom. The Morgan fingerprint density at radius 2 is 2.00 bits per heavy atom. The number of carbonyl (C=O) groups is 2. The lowest BCUT2D eigenvalue weighted by Crippen LogP contribution is -2.25. The van der Waals surface area contributed by atoms with Crippen LogP contribution in [0, 0.1) is 11.7 Å². The fourth-order valence-electron chi connectivity index (χ4n) is 3.26. The molecule has 1 saturated carbocycles. The molecule has 0 aliphatic heterocycles. The van der Waals surface area contributed by atoms with Gasteiger partial charge < -0.3 is 16.4 Å². The van der Waals surface area contributed by atoms with Crippen LogP contribution in [0.2, 0.25) is 0 Å². The van der Waals surface area contributed by atoms with Crippen LogP contribution in [-0.4, -0.2) is 33.4 Å². The molecule has 0 atom stereocenters. The first-order chi connectivity index (χ1) is 13.6. The Morgan fingerprint density at radius 1 is 1.21 bits per heavy atom. The first-order valence-corrected chi connectivity index (χ1v) is 9.59. The minimum Gasteiger partial charge on any atom is -0.330 e. The molecule has 0 bridgehead atoms. The van der Waals surface area contributed by atoms with Crippen LogP contribution in [0.1, 0.15) is 49.0 Å². The van der Waals surface area contributed by atoms with Crippen molar-refractivity contribution < 1.29 is 14.0 Å². The van der Waals surface area contributed by atoms with Crippen molar-refractivity contribution in [3.63, 3.8) is 0 Å². The molecule has 1 aromatic carbocycles. The number of hydrogen-bond donors (Lipinski definition) is 3. The number of nitrogens with two attached hydrogens (primary N) is 1. The SMILES string of the molecule is NCCCn1cc(C(=O)Nc2ccc(F)c(NC(=O)C3CCCCC3)c2)nn1. The molecular weight excluding hydrogens is 363 g/mol. The van der Waals surface area contributed by atoms with Crippen molar-refractivity contribution in [3.05, 3.63) is 35.9 Å². The lowest BCUT2D eigenvalue weighted by Gasteiger charge is -2.21. The van der Waals surface area contributed by atoms with Crippen molar-refractivity contribution in [3.8, 4) is 0 Å². The molecular formula is C19H25FN6O2. The molecule has 150 valence electrons. The third-order valence-electron chi connectivity index (χ3n) is 4.82. The molecule has 2 aromatic rings. The van der Waals surface area contributed by atoms with Crippen molar-refractivity contribution >= 4 is 23.2 Å². The number of carbonyl (C=O) groups excluding carboxylic acids is 2. The number of anilines is 2. The molecule has 1 aliphatic rings. The molecule has 9 heteroatoms. The van der Waals surface area contributed by atoms with E-state index in [4.69, 9.17) is 5.73 Å². The summed E-state index contributed by atoms with van der Waals surface area (Å²) >= 11 is 0. The Bertz CT molecular complexity index is 832. The van der Waals surface area contributed by atoms with Crippen LogP contribution in [0.5, 0.6) is 0 Å². The maximum atomic E-state index is 14.1. The number of amides is 2. The summed E-state index contributed by atoms with van der Waals surface area (Å²) in [7, 11) is 0. The maximum absolute atomic E-state index is 14.1. The predicted molar refractivity (Wildman–Crippen MR) is 103 cm³/mol. The van der Waals surface area contributed by atoms with E-state index < -0.39 is 11.7 Å². The fourth-order valence-corrected chi connectivity index (χ4v) is 3.26. The number of hydrogen-bond acceptors (Lipinski definition) is 5. The van der Waals surface area contributed by atoms with Gasteiger partial charge >= 0.3 is 0 Å². The molecule has 2 amide bonds. The van der Waals surface area contributed by atoms with E-state index in [1.54, 1.807) is 4.68 Å². The summed E-state index contributed by atoms with van der Waals surface area (Å²) in [6.07, 6.45) is 7.07. The van der Waals surface area contributed by atoms with E-state index >= 15 is 0 Å². The number of benzene rings is 1. The van der Waals surface area contributed by atoms with Crippen molar-refractivity contribution in [2.45, 2.75) is 45.1 Å². The standard InChI is InChI=1S/C19H25FN6O2/c20-15-8-7-14(11-16(15)23-18(27)13-5-2-1-3-6-13)22-19(28)17-12-26(25-24-17)10-4-9-21/h7-8,11-13H,1-6,9-10,21H2,(H,22,28)(H,23,27). The highest BCUT2D eigenvalue weighted by Gasteiger charge is 2.22. The number of aryl methyl sites for hydroxylation is 1. The summed E-state index contributed by atoms with van der Waals surface area (Å²) in [4.78, 5) is 24.7. The molecule has 0 spiro atoms. The molecule has 28 heavy (non-hydrogen) atoms. The van der Waals surface area contributed by atoms with Gasteiger partial charge in [0.25, 0.3) is 5.91 Å². The van der Waals surface area contributed by atoms with Crippen molar-refractivity contribution in [2.75, 3.05) is 17.2 Å². The molecule has 1 fully saturated rings. The van der Waals surface area contributed by atoms with Gasteiger partial charge in [0.1, 0.15) is 5.82 Å². The van der Waals surface area contributed by atoms with E-state index in [1.807, 2.05) is 0 Å². The Hall–Kier alpha value is -2.81. The molecule has 0 unspecified atom stereocenters. The van der Waals surface area contributed by atoms with E-state index in [0.29, 0.717) is 18.8 Å². The van der Waals surface area contributed by atoms with Crippen molar-refractivity contribution in [1.82, 2.24) is 15.0 Å². The Kier molecular flexibility index (Phi) is 6.70. The van der Waals surface area contributed by atoms with Gasteiger partial charge in [-0.2, -0.15) is 0 Å². The molecule has 0 radical (unpaired) electrons. The van der Waals surface area contributed by atoms with Crippen LogP contribution in [0.3, 0.4) is 0 Å². The average molecular weight is 388 g/mol. The quantitative estimate of drug-likeness (QED) is 0.674. The average Bonchev–Trinajstić information content (AvgIpc) is 3.18. The monoisotopic (exact) mass is 388 g/mol. The zero-order valence-electron chi connectivity index (χ0n) is 15.7. The van der Waals surface area contributed by atoms with Crippen LogP contribution in [0.4, 0.5) is 15.8 Å². The first-order valence-electron chi connectivity index (χ1n) is 9.59. The van der Waals surface area contributed by atoms with Crippen LogP contribution in [0.15, 0.2) is 24.4 Å². The van der Waals surface area contributed by atoms with E-state index in [1.165, 1.54) is 24.4 Å². The fraction of sp³-hybridized carbons (Fsp3) is 0.474. The minimum atomic E-state index is -0.546. The highest BCUT2D eigenvalue weighted by atomic mass is 19.1. The van der Waals surface area contributed by atoms with Crippen LogP contribution < -0.4 is 16.4 Å². The van der Waals surface area contributed by atoms with Gasteiger partial charge in [-0.15, -0.1) is 5.10 Å². The van der Waals surface area contributed by atoms with Gasteiger partial charge in [-0.1, -0.05) is 24.5 Å². The second-order valence-corrected chi connectivity index (χ2v) is 6.98. The molecule has 3 rings (SSSR count). The number of rotatable bonds is 7. The third-order valence-corrected chi connectivity index (χ3v) is 4.82. The lowest BCUT2D eigenvalue weighted by molar-refractivity contribution is -0.120. The van der Waals surface area contributed by atoms with Gasteiger partial charge in [0.05, 0.1) is 11.9 Å². The van der Waals surface area contributed by atoms with Gasteiger partial charge in [-0.25, -0.2) is 4.39 Å². The third kappa shape index (κ3) is 5.13. The molecule has 4 N–H and O–H groups in total. The van der Waals surface area contributed by atoms with E-state index in [9.17, 15) is 14.0 Å². The predicted octanol–water partition coefficient (Wildman–Crippen LogP) is 2.54. The number of halogens is 1. The summed E-state index contributed by atoms with van der Waals surface area (Å²) in [5.74, 6) is -1.27. The van der Waals surface area contributed by atoms with Gasteiger partial charge in [-0.05, 0) is 44.0 Å². The summed E-state index contributed by atoms with van der Waals surface area (Å²) < 4.78 is 15.7. The normalized spacial score (nSPS) is 14.6. The van der Waals surface area contributed by atoms with E-state index in [-0.39, 0.29) is 23.2 Å². The van der Waals surface area contributed by atoms with Crippen LogP contribution >= 0.6 is 0 Å². The number of nitrogens with one attached hydrogen (secondary N) is 2. The second-order valence-electron chi connectivity index (χ2n) is 6.98. The molecule has 1 aromatic heterocycles. The molecule has 1 aliphatic carbocycles. The zero-order chi connectivity index (χ0) is 19.9. The largest absolute Gasteiger partial charge is 0.330 e. The summed E-state index contributed by atoms with van der Waals surface area (Å²) in [5, 5.41) is 13.0.